The average molecular weight is 483 g/mol. The first kappa shape index (κ1) is 22.9. The largest absolute Gasteiger partial charge is 0.508 e. The van der Waals surface area contributed by atoms with Gasteiger partial charge in [0.2, 0.25) is 0 Å². The third-order valence-electron chi connectivity index (χ3n) is 6.25. The van der Waals surface area contributed by atoms with Crippen LogP contribution < -0.4 is 24.7 Å². The maximum atomic E-state index is 10.9. The Bertz CT molecular complexity index is 1260. The van der Waals surface area contributed by atoms with Crippen molar-refractivity contribution in [3.05, 3.63) is 65.2 Å². The summed E-state index contributed by atoms with van der Waals surface area (Å²) in [5.41, 5.74) is 7.54. The molecular formula is C25H25NO9. The van der Waals surface area contributed by atoms with Crippen LogP contribution in [-0.4, -0.2) is 51.5 Å². The van der Waals surface area contributed by atoms with Crippen LogP contribution in [0.2, 0.25) is 0 Å². The van der Waals surface area contributed by atoms with E-state index < -0.39 is 30.5 Å². The molecule has 0 bridgehead atoms. The van der Waals surface area contributed by atoms with Crippen LogP contribution in [0.1, 0.15) is 34.9 Å². The third kappa shape index (κ3) is 3.91. The van der Waals surface area contributed by atoms with Crippen molar-refractivity contribution in [1.29, 1.82) is 0 Å². The zero-order chi connectivity index (χ0) is 24.9. The fourth-order valence-corrected chi connectivity index (χ4v) is 4.48. The van der Waals surface area contributed by atoms with Crippen molar-refractivity contribution in [1.82, 2.24) is 0 Å². The number of hydrogen-bond donors (Lipinski definition) is 6. The van der Waals surface area contributed by atoms with Crippen LogP contribution in [0.4, 0.5) is 0 Å². The molecule has 10 heteroatoms. The highest BCUT2D eigenvalue weighted by molar-refractivity contribution is 5.54. The molecule has 1 unspecified atom stereocenters. The van der Waals surface area contributed by atoms with Gasteiger partial charge in [-0.05, 0) is 29.8 Å². The molecule has 2 heterocycles. The lowest BCUT2D eigenvalue weighted by molar-refractivity contribution is -0.0143. The molecule has 5 atom stereocenters. The number of ether oxygens (including phenoxy) is 4. The third-order valence-corrected chi connectivity index (χ3v) is 6.25. The second-order valence-electron chi connectivity index (χ2n) is 8.45. The number of aliphatic hydroxyl groups is 2. The van der Waals surface area contributed by atoms with Gasteiger partial charge in [-0.15, -0.1) is 0 Å². The molecule has 0 fully saturated rings. The van der Waals surface area contributed by atoms with Gasteiger partial charge in [0.05, 0.1) is 25.3 Å². The summed E-state index contributed by atoms with van der Waals surface area (Å²) in [6.45, 7) is -0.321. The zero-order valence-electron chi connectivity index (χ0n) is 18.7. The predicted octanol–water partition coefficient (Wildman–Crippen LogP) is 2.18. The molecule has 5 rings (SSSR count). The molecule has 2 aliphatic heterocycles. The number of phenols is 3. The van der Waals surface area contributed by atoms with Crippen LogP contribution in [0, 0.1) is 0 Å². The maximum absolute atomic E-state index is 10.9. The molecule has 184 valence electrons. The Morgan fingerprint density at radius 2 is 1.54 bits per heavy atom. The van der Waals surface area contributed by atoms with Crippen molar-refractivity contribution in [2.24, 2.45) is 5.73 Å². The summed E-state index contributed by atoms with van der Waals surface area (Å²) >= 11 is 0. The molecule has 0 saturated carbocycles. The van der Waals surface area contributed by atoms with Crippen molar-refractivity contribution in [3.63, 3.8) is 0 Å². The molecule has 7 N–H and O–H groups in total. The van der Waals surface area contributed by atoms with Crippen LogP contribution >= 0.6 is 0 Å². The second-order valence-corrected chi connectivity index (χ2v) is 8.45. The van der Waals surface area contributed by atoms with E-state index >= 15 is 0 Å². The van der Waals surface area contributed by atoms with E-state index in [1.54, 1.807) is 30.3 Å². The van der Waals surface area contributed by atoms with Crippen molar-refractivity contribution in [2.75, 3.05) is 13.7 Å². The lowest BCUT2D eigenvalue weighted by Crippen LogP contribution is -2.39. The summed E-state index contributed by atoms with van der Waals surface area (Å²) in [4.78, 5) is 0. The molecule has 2 aliphatic rings. The molecule has 3 aromatic rings. The molecule has 0 saturated heterocycles. The van der Waals surface area contributed by atoms with Gasteiger partial charge in [-0.25, -0.2) is 0 Å². The zero-order valence-corrected chi connectivity index (χ0v) is 18.7. The summed E-state index contributed by atoms with van der Waals surface area (Å²) in [6, 6.07) is 11.2. The minimum absolute atomic E-state index is 0.0339. The number of nitrogens with two attached hydrogens (primary N) is 1. The first-order valence-corrected chi connectivity index (χ1v) is 10.9. The molecule has 0 spiro atoms. The number of methoxy groups -OCH3 is 1. The highest BCUT2D eigenvalue weighted by Crippen LogP contribution is 2.48. The Kier molecular flexibility index (Phi) is 5.72. The van der Waals surface area contributed by atoms with E-state index in [0.29, 0.717) is 22.6 Å². The minimum atomic E-state index is -1.21. The van der Waals surface area contributed by atoms with Gasteiger partial charge < -0.3 is 50.2 Å². The SMILES string of the molecule is COc1cc([C@H]2Oc3cc([C@H]4Oc5cc(O)cc(O)c5C(N)[C@@H]4O)ccc3O[C@@H]2CO)ccc1O. The number of benzene rings is 3. The summed E-state index contributed by atoms with van der Waals surface area (Å²) < 4.78 is 23.2. The van der Waals surface area contributed by atoms with Crippen molar-refractivity contribution < 1.29 is 44.5 Å². The second kappa shape index (κ2) is 8.73. The number of phenolic OH excluding ortho intramolecular Hbond substituents is 3. The molecule has 10 nitrogen and oxygen atoms in total. The minimum Gasteiger partial charge on any atom is -0.508 e. The molecular weight excluding hydrogens is 458 g/mol. The smallest absolute Gasteiger partial charge is 0.163 e. The number of rotatable bonds is 4. The Morgan fingerprint density at radius 3 is 2.29 bits per heavy atom. The molecule has 3 aromatic carbocycles. The van der Waals surface area contributed by atoms with Crippen LogP contribution in [0.15, 0.2) is 48.5 Å². The van der Waals surface area contributed by atoms with Gasteiger partial charge in [0.25, 0.3) is 0 Å². The average Bonchev–Trinajstić information content (AvgIpc) is 2.85. The number of fused-ring (bicyclic) bond motifs is 2. The molecule has 0 radical (unpaired) electrons. The molecule has 0 amide bonds. The van der Waals surface area contributed by atoms with Gasteiger partial charge in [-0.1, -0.05) is 12.1 Å². The van der Waals surface area contributed by atoms with Crippen LogP contribution in [0.25, 0.3) is 0 Å². The van der Waals surface area contributed by atoms with E-state index in [9.17, 15) is 25.5 Å². The Labute approximate surface area is 200 Å². The predicted molar refractivity (Wildman–Crippen MR) is 122 cm³/mol. The van der Waals surface area contributed by atoms with Gasteiger partial charge in [0.1, 0.15) is 23.4 Å². The standard InChI is InChI=1S/C25H25NO9/c1-32-17-6-11(2-4-14(17)29)24-20(10-27)33-16-5-3-12(7-18(16)34-24)25-23(31)22(26)21-15(30)8-13(28)9-19(21)35-25/h2-9,20,22-25,27-31H,10,26H2,1H3/t20-,22?,23+,24-,25-/m1/s1. The maximum Gasteiger partial charge on any atom is 0.163 e. The van der Waals surface area contributed by atoms with Gasteiger partial charge >= 0.3 is 0 Å². The number of hydrogen-bond acceptors (Lipinski definition) is 10. The first-order valence-electron chi connectivity index (χ1n) is 10.9. The summed E-state index contributed by atoms with van der Waals surface area (Å²) in [5, 5.41) is 50.7. The molecule has 0 aromatic heterocycles. The molecule has 0 aliphatic carbocycles. The topological polar surface area (TPSA) is 164 Å². The number of aromatic hydroxyl groups is 3. The fraction of sp³-hybridized carbons (Fsp3) is 0.280. The summed E-state index contributed by atoms with van der Waals surface area (Å²) in [6.07, 6.45) is -3.56. The quantitative estimate of drug-likeness (QED) is 0.324. The highest BCUT2D eigenvalue weighted by atomic mass is 16.6. The Balaban J connectivity index is 1.49. The molecule has 35 heavy (non-hydrogen) atoms. The lowest BCUT2D eigenvalue weighted by atomic mass is 9.90. The normalized spacial score (nSPS) is 24.9. The lowest BCUT2D eigenvalue weighted by Gasteiger charge is -2.37. The van der Waals surface area contributed by atoms with E-state index in [0.717, 1.165) is 6.07 Å². The van der Waals surface area contributed by atoms with Crippen LogP contribution in [0.5, 0.6) is 40.2 Å². The van der Waals surface area contributed by atoms with Gasteiger partial charge in [0.15, 0.2) is 41.3 Å². The van der Waals surface area contributed by atoms with Crippen molar-refractivity contribution >= 4 is 0 Å². The Hall–Kier alpha value is -3.86. The van der Waals surface area contributed by atoms with E-state index in [2.05, 4.69) is 0 Å². The van der Waals surface area contributed by atoms with Gasteiger partial charge in [-0.2, -0.15) is 0 Å². The number of aliphatic hydroxyl groups excluding tert-OH is 2. The highest BCUT2D eigenvalue weighted by Gasteiger charge is 2.40. The summed E-state index contributed by atoms with van der Waals surface area (Å²) in [7, 11) is 1.43. The first-order chi connectivity index (χ1) is 16.8. The van der Waals surface area contributed by atoms with Crippen molar-refractivity contribution in [2.45, 2.75) is 30.5 Å². The Morgan fingerprint density at radius 1 is 0.829 bits per heavy atom. The van der Waals surface area contributed by atoms with Crippen molar-refractivity contribution in [3.8, 4) is 40.2 Å². The van der Waals surface area contributed by atoms with Crippen LogP contribution in [-0.2, 0) is 0 Å². The summed E-state index contributed by atoms with van der Waals surface area (Å²) in [5.74, 6) is 0.642. The van der Waals surface area contributed by atoms with E-state index in [-0.39, 0.29) is 40.9 Å². The van der Waals surface area contributed by atoms with E-state index in [4.69, 9.17) is 24.7 Å². The van der Waals surface area contributed by atoms with Crippen LogP contribution in [0.3, 0.4) is 0 Å². The van der Waals surface area contributed by atoms with Gasteiger partial charge in [0, 0.05) is 17.7 Å². The monoisotopic (exact) mass is 483 g/mol. The van der Waals surface area contributed by atoms with E-state index in [1.807, 2.05) is 0 Å². The van der Waals surface area contributed by atoms with E-state index in [1.165, 1.54) is 19.2 Å². The fourth-order valence-electron chi connectivity index (χ4n) is 4.48. The van der Waals surface area contributed by atoms with Gasteiger partial charge in [-0.3, -0.25) is 0 Å².